The van der Waals surface area contributed by atoms with Crippen LogP contribution in [0.3, 0.4) is 0 Å². The minimum atomic E-state index is 0.111. The highest BCUT2D eigenvalue weighted by Gasteiger charge is 2.22. The van der Waals surface area contributed by atoms with Crippen molar-refractivity contribution in [3.8, 4) is 5.75 Å². The van der Waals surface area contributed by atoms with E-state index in [0.29, 0.717) is 6.04 Å². The third-order valence-corrected chi connectivity index (χ3v) is 4.40. The van der Waals surface area contributed by atoms with Crippen LogP contribution in [0.4, 0.5) is 0 Å². The average Bonchev–Trinajstić information content (AvgIpc) is 2.86. The number of hydrogen-bond donors (Lipinski definition) is 2. The summed E-state index contributed by atoms with van der Waals surface area (Å²) in [7, 11) is 1.73. The van der Waals surface area contributed by atoms with Gasteiger partial charge < -0.3 is 15.8 Å². The Bertz CT molecular complexity index is 451. The molecule has 1 aliphatic heterocycles. The number of aryl methyl sites for hydroxylation is 1. The molecule has 3 N–H and O–H groups in total. The molecule has 0 radical (unpaired) electrons. The van der Waals surface area contributed by atoms with Gasteiger partial charge in [-0.15, -0.1) is 0 Å². The maximum atomic E-state index is 6.46. The van der Waals surface area contributed by atoms with E-state index in [9.17, 15) is 0 Å². The normalized spacial score (nSPS) is 20.6. The fourth-order valence-corrected chi connectivity index (χ4v) is 3.23. The van der Waals surface area contributed by atoms with Crippen LogP contribution < -0.4 is 15.8 Å². The fraction of sp³-hybridized carbons (Fsp3) is 0.625. The number of methoxy groups -OCH3 is 1. The first-order chi connectivity index (χ1) is 9.04. The van der Waals surface area contributed by atoms with E-state index in [4.69, 9.17) is 10.5 Å². The smallest absolute Gasteiger partial charge is 0.122 e. The van der Waals surface area contributed by atoms with Gasteiger partial charge >= 0.3 is 0 Å². The molecule has 0 bridgehead atoms. The second-order valence-corrected chi connectivity index (χ2v) is 5.69. The molecule has 1 fully saturated rings. The maximum absolute atomic E-state index is 6.46. The monoisotopic (exact) mass is 262 g/mol. The molecule has 3 nitrogen and oxygen atoms in total. The highest BCUT2D eigenvalue weighted by Crippen LogP contribution is 2.32. The van der Waals surface area contributed by atoms with E-state index >= 15 is 0 Å². The molecule has 3 heteroatoms. The summed E-state index contributed by atoms with van der Waals surface area (Å²) >= 11 is 0. The number of nitrogens with two attached hydrogens (primary N) is 1. The second kappa shape index (κ2) is 5.93. The SMILES string of the molecule is COc1cc(C)c(C(N)CC2CCCN2)c(C)c1C. The Morgan fingerprint density at radius 3 is 2.68 bits per heavy atom. The zero-order chi connectivity index (χ0) is 14.0. The van der Waals surface area contributed by atoms with Crippen LogP contribution in [0.15, 0.2) is 6.07 Å². The molecule has 0 aromatic heterocycles. The van der Waals surface area contributed by atoms with Gasteiger partial charge in [-0.25, -0.2) is 0 Å². The Morgan fingerprint density at radius 2 is 2.11 bits per heavy atom. The lowest BCUT2D eigenvalue weighted by Gasteiger charge is -2.23. The van der Waals surface area contributed by atoms with Crippen LogP contribution in [0, 0.1) is 20.8 Å². The highest BCUT2D eigenvalue weighted by atomic mass is 16.5. The van der Waals surface area contributed by atoms with E-state index in [1.165, 1.54) is 35.1 Å². The summed E-state index contributed by atoms with van der Waals surface area (Å²) in [4.78, 5) is 0. The van der Waals surface area contributed by atoms with Crippen LogP contribution in [-0.4, -0.2) is 19.7 Å². The van der Waals surface area contributed by atoms with Crippen molar-refractivity contribution in [3.05, 3.63) is 28.3 Å². The van der Waals surface area contributed by atoms with Gasteiger partial charge in [-0.2, -0.15) is 0 Å². The van der Waals surface area contributed by atoms with Gasteiger partial charge in [0.05, 0.1) is 7.11 Å². The molecule has 1 aliphatic rings. The van der Waals surface area contributed by atoms with Crippen LogP contribution in [0.5, 0.6) is 5.75 Å². The molecular formula is C16H26N2O. The fourth-order valence-electron chi connectivity index (χ4n) is 3.23. The first kappa shape index (κ1) is 14.4. The summed E-state index contributed by atoms with van der Waals surface area (Å²) in [6, 6.07) is 2.80. The van der Waals surface area contributed by atoms with E-state index in [-0.39, 0.29) is 6.04 Å². The molecule has 2 rings (SSSR count). The topological polar surface area (TPSA) is 47.3 Å². The molecule has 1 heterocycles. The zero-order valence-electron chi connectivity index (χ0n) is 12.5. The third kappa shape index (κ3) is 2.93. The maximum Gasteiger partial charge on any atom is 0.122 e. The summed E-state index contributed by atoms with van der Waals surface area (Å²) in [6.07, 6.45) is 3.55. The number of hydrogen-bond acceptors (Lipinski definition) is 3. The van der Waals surface area contributed by atoms with Crippen molar-refractivity contribution in [2.75, 3.05) is 13.7 Å². The zero-order valence-corrected chi connectivity index (χ0v) is 12.5. The molecular weight excluding hydrogens is 236 g/mol. The molecule has 0 saturated carbocycles. The Kier molecular flexibility index (Phi) is 4.48. The van der Waals surface area contributed by atoms with Crippen molar-refractivity contribution in [3.63, 3.8) is 0 Å². The van der Waals surface area contributed by atoms with Gasteiger partial charge in [0, 0.05) is 12.1 Å². The minimum Gasteiger partial charge on any atom is -0.496 e. The van der Waals surface area contributed by atoms with Crippen LogP contribution in [0.25, 0.3) is 0 Å². The molecule has 2 atom stereocenters. The van der Waals surface area contributed by atoms with Gasteiger partial charge in [0.15, 0.2) is 0 Å². The van der Waals surface area contributed by atoms with E-state index < -0.39 is 0 Å². The highest BCUT2D eigenvalue weighted by molar-refractivity contribution is 5.49. The second-order valence-electron chi connectivity index (χ2n) is 5.69. The van der Waals surface area contributed by atoms with E-state index in [0.717, 1.165) is 18.7 Å². The van der Waals surface area contributed by atoms with Crippen molar-refractivity contribution < 1.29 is 4.74 Å². The quantitative estimate of drug-likeness (QED) is 0.877. The lowest BCUT2D eigenvalue weighted by Crippen LogP contribution is -2.27. The van der Waals surface area contributed by atoms with Crippen LogP contribution in [0.1, 0.15) is 47.6 Å². The Hall–Kier alpha value is -1.06. The van der Waals surface area contributed by atoms with Crippen LogP contribution in [-0.2, 0) is 0 Å². The summed E-state index contributed by atoms with van der Waals surface area (Å²) in [5, 5.41) is 3.53. The summed E-state index contributed by atoms with van der Waals surface area (Å²) < 4.78 is 5.42. The van der Waals surface area contributed by atoms with Crippen LogP contribution >= 0.6 is 0 Å². The van der Waals surface area contributed by atoms with E-state index in [1.54, 1.807) is 7.11 Å². The van der Waals surface area contributed by atoms with Crippen LogP contribution in [0.2, 0.25) is 0 Å². The largest absolute Gasteiger partial charge is 0.496 e. The van der Waals surface area contributed by atoms with Gasteiger partial charge in [-0.05, 0) is 74.9 Å². The van der Waals surface area contributed by atoms with Crippen molar-refractivity contribution in [2.24, 2.45) is 5.73 Å². The van der Waals surface area contributed by atoms with Crippen molar-refractivity contribution >= 4 is 0 Å². The molecule has 0 spiro atoms. The van der Waals surface area contributed by atoms with Crippen molar-refractivity contribution in [1.82, 2.24) is 5.32 Å². The van der Waals surface area contributed by atoms with Gasteiger partial charge in [0.2, 0.25) is 0 Å². The molecule has 0 aliphatic carbocycles. The Labute approximate surface area is 116 Å². The van der Waals surface area contributed by atoms with E-state index in [1.807, 2.05) is 0 Å². The molecule has 0 amide bonds. The molecule has 1 saturated heterocycles. The lowest BCUT2D eigenvalue weighted by molar-refractivity contribution is 0.410. The summed E-state index contributed by atoms with van der Waals surface area (Å²) in [5.41, 5.74) is 11.5. The van der Waals surface area contributed by atoms with E-state index in [2.05, 4.69) is 32.2 Å². The molecule has 1 aromatic carbocycles. The minimum absolute atomic E-state index is 0.111. The molecule has 2 unspecified atom stereocenters. The van der Waals surface area contributed by atoms with Gasteiger partial charge in [-0.1, -0.05) is 0 Å². The standard InChI is InChI=1S/C16H26N2O/c1-10-8-15(19-4)11(2)12(3)16(10)14(17)9-13-6-5-7-18-13/h8,13-14,18H,5-7,9,17H2,1-4H3. The van der Waals surface area contributed by atoms with Gasteiger partial charge in [0.25, 0.3) is 0 Å². The molecule has 19 heavy (non-hydrogen) atoms. The lowest BCUT2D eigenvalue weighted by atomic mass is 9.89. The third-order valence-electron chi connectivity index (χ3n) is 4.40. The molecule has 106 valence electrons. The number of ether oxygens (including phenoxy) is 1. The average molecular weight is 262 g/mol. The first-order valence-corrected chi connectivity index (χ1v) is 7.18. The number of rotatable bonds is 4. The predicted octanol–water partition coefficient (Wildman–Crippen LogP) is 2.76. The Morgan fingerprint density at radius 1 is 1.37 bits per heavy atom. The van der Waals surface area contributed by atoms with Gasteiger partial charge in [-0.3, -0.25) is 0 Å². The first-order valence-electron chi connectivity index (χ1n) is 7.18. The molecule has 1 aromatic rings. The number of benzene rings is 1. The predicted molar refractivity (Wildman–Crippen MR) is 79.8 cm³/mol. The van der Waals surface area contributed by atoms with Crippen molar-refractivity contribution in [1.29, 1.82) is 0 Å². The van der Waals surface area contributed by atoms with Gasteiger partial charge in [0.1, 0.15) is 5.75 Å². The van der Waals surface area contributed by atoms with Crippen molar-refractivity contribution in [2.45, 2.75) is 52.1 Å². The summed E-state index contributed by atoms with van der Waals surface area (Å²) in [6.45, 7) is 7.53. The number of nitrogens with one attached hydrogen (secondary N) is 1. The Balaban J connectivity index is 2.25. The summed E-state index contributed by atoms with van der Waals surface area (Å²) in [5.74, 6) is 0.963.